The zero-order valence-electron chi connectivity index (χ0n) is 8.00. The second-order valence-corrected chi connectivity index (χ2v) is 2.99. The van der Waals surface area contributed by atoms with Crippen molar-refractivity contribution in [3.63, 3.8) is 0 Å². The van der Waals surface area contributed by atoms with Gasteiger partial charge in [0.15, 0.2) is 0 Å². The Hall–Kier alpha value is -2.17. The molecule has 2 aromatic rings. The van der Waals surface area contributed by atoms with Crippen molar-refractivity contribution in [1.82, 2.24) is 9.89 Å². The van der Waals surface area contributed by atoms with Gasteiger partial charge in [-0.05, 0) is 10.8 Å². The average molecular weight is 202 g/mol. The lowest BCUT2D eigenvalue weighted by Gasteiger charge is -1.93. The van der Waals surface area contributed by atoms with Crippen LogP contribution in [0, 0.1) is 0 Å². The third-order valence-electron chi connectivity index (χ3n) is 1.88. The highest BCUT2D eigenvalue weighted by Gasteiger charge is 1.91. The highest BCUT2D eigenvalue weighted by Crippen LogP contribution is 1.99. The lowest BCUT2D eigenvalue weighted by Crippen LogP contribution is -2.09. The summed E-state index contributed by atoms with van der Waals surface area (Å²) in [5.41, 5.74) is 0.840. The van der Waals surface area contributed by atoms with E-state index in [2.05, 4.69) is 15.4 Å². The van der Waals surface area contributed by atoms with E-state index in [-0.39, 0.29) is 5.56 Å². The number of nitrogens with zero attached hydrogens (tertiary/aromatic N) is 3. The zero-order valence-corrected chi connectivity index (χ0v) is 8.00. The first-order valence-corrected chi connectivity index (χ1v) is 4.54. The van der Waals surface area contributed by atoms with E-state index in [0.717, 1.165) is 10.4 Å². The smallest absolute Gasteiger partial charge is 0.281 e. The molecular formula is C10H10N4O. The normalized spacial score (nSPS) is 10.9. The van der Waals surface area contributed by atoms with Gasteiger partial charge in [-0.1, -0.05) is 30.3 Å². The Kier molecular flexibility index (Phi) is 2.73. The van der Waals surface area contributed by atoms with E-state index in [1.165, 1.54) is 12.3 Å². The summed E-state index contributed by atoms with van der Waals surface area (Å²) in [5.74, 6) is 0. The molecule has 5 heteroatoms. The molecule has 76 valence electrons. The van der Waals surface area contributed by atoms with Crippen molar-refractivity contribution in [3.05, 3.63) is 58.5 Å². The fourth-order valence-electron chi connectivity index (χ4n) is 1.14. The van der Waals surface area contributed by atoms with E-state index in [9.17, 15) is 4.79 Å². The second kappa shape index (κ2) is 4.36. The number of hydrogen-bond acceptors (Lipinski definition) is 3. The van der Waals surface area contributed by atoms with Gasteiger partial charge in [0.1, 0.15) is 0 Å². The summed E-state index contributed by atoms with van der Waals surface area (Å²) in [7, 11) is 0. The van der Waals surface area contributed by atoms with Crippen LogP contribution in [0.25, 0.3) is 0 Å². The van der Waals surface area contributed by atoms with E-state index in [4.69, 9.17) is 0 Å². The topological polar surface area (TPSA) is 62.5 Å². The number of aromatic amines is 1. The molecule has 1 N–H and O–H groups in total. The van der Waals surface area contributed by atoms with Gasteiger partial charge >= 0.3 is 0 Å². The number of nitrogens with one attached hydrogen (secondary N) is 1. The molecule has 0 amide bonds. The summed E-state index contributed by atoms with van der Waals surface area (Å²) in [6.45, 7) is 0.465. The lowest BCUT2D eigenvalue weighted by molar-refractivity contribution is 0.642. The molecule has 0 saturated carbocycles. The molecule has 0 aliphatic rings. The number of aromatic nitrogens is 2. The van der Waals surface area contributed by atoms with Crippen molar-refractivity contribution in [2.45, 2.75) is 6.54 Å². The molecule has 15 heavy (non-hydrogen) atoms. The van der Waals surface area contributed by atoms with Crippen molar-refractivity contribution >= 4 is 0 Å². The quantitative estimate of drug-likeness (QED) is 0.755. The van der Waals surface area contributed by atoms with Crippen molar-refractivity contribution in [1.29, 1.82) is 0 Å². The van der Waals surface area contributed by atoms with Crippen LogP contribution in [0.2, 0.25) is 0 Å². The molecule has 0 bridgehead atoms. The van der Waals surface area contributed by atoms with Gasteiger partial charge in [0, 0.05) is 12.3 Å². The van der Waals surface area contributed by atoms with Crippen LogP contribution in [0.5, 0.6) is 0 Å². The Morgan fingerprint density at radius 2 is 2.00 bits per heavy atom. The average Bonchev–Trinajstić information content (AvgIpc) is 2.66. The number of rotatable bonds is 3. The van der Waals surface area contributed by atoms with Crippen LogP contribution < -0.4 is 5.56 Å². The van der Waals surface area contributed by atoms with Gasteiger partial charge in [0.25, 0.3) is 5.56 Å². The number of benzene rings is 1. The molecule has 1 aromatic carbocycles. The first kappa shape index (κ1) is 9.39. The van der Waals surface area contributed by atoms with Gasteiger partial charge in [0.2, 0.25) is 0 Å². The first-order valence-electron chi connectivity index (χ1n) is 4.54. The highest BCUT2D eigenvalue weighted by molar-refractivity contribution is 5.14. The molecular weight excluding hydrogens is 192 g/mol. The predicted molar refractivity (Wildman–Crippen MR) is 55.5 cm³/mol. The summed E-state index contributed by atoms with van der Waals surface area (Å²) in [5, 5.41) is 10.3. The Bertz CT molecular complexity index is 497. The van der Waals surface area contributed by atoms with Crippen LogP contribution in [-0.4, -0.2) is 9.89 Å². The summed E-state index contributed by atoms with van der Waals surface area (Å²) in [6, 6.07) is 11.1. The van der Waals surface area contributed by atoms with Gasteiger partial charge in [-0.2, -0.15) is 5.11 Å². The van der Waals surface area contributed by atoms with Gasteiger partial charge in [0.05, 0.1) is 6.54 Å². The molecule has 0 radical (unpaired) electrons. The number of hydrogen-bond donors (Lipinski definition) is 1. The van der Waals surface area contributed by atoms with Crippen LogP contribution in [0.15, 0.2) is 57.7 Å². The fraction of sp³-hybridized carbons (Fsp3) is 0.100. The molecule has 2 rings (SSSR count). The Morgan fingerprint density at radius 3 is 2.67 bits per heavy atom. The van der Waals surface area contributed by atoms with Crippen molar-refractivity contribution in [3.8, 4) is 0 Å². The second-order valence-electron chi connectivity index (χ2n) is 2.99. The molecule has 0 atom stereocenters. The van der Waals surface area contributed by atoms with Crippen LogP contribution >= 0.6 is 0 Å². The van der Waals surface area contributed by atoms with Gasteiger partial charge in [-0.15, -0.1) is 4.79 Å². The minimum atomic E-state index is -0.216. The minimum Gasteiger partial charge on any atom is -0.281 e. The van der Waals surface area contributed by atoms with E-state index in [1.807, 2.05) is 30.3 Å². The van der Waals surface area contributed by atoms with Crippen LogP contribution in [-0.2, 0) is 6.54 Å². The largest absolute Gasteiger partial charge is 0.289 e. The third-order valence-corrected chi connectivity index (χ3v) is 1.88. The molecule has 1 heterocycles. The Balaban J connectivity index is 2.03. The standard InChI is InChI=1S/C10H10N4O/c15-10-6-7-12-14(10)13-11-8-9-4-2-1-3-5-9/h1-7,12H,8H2/b13-11+. The van der Waals surface area contributed by atoms with Crippen molar-refractivity contribution < 1.29 is 0 Å². The van der Waals surface area contributed by atoms with Crippen LogP contribution in [0.4, 0.5) is 0 Å². The molecule has 0 saturated heterocycles. The number of H-pyrrole nitrogens is 1. The fourth-order valence-corrected chi connectivity index (χ4v) is 1.14. The molecule has 0 fully saturated rings. The summed E-state index contributed by atoms with van der Waals surface area (Å²) >= 11 is 0. The molecule has 0 aliphatic carbocycles. The minimum absolute atomic E-state index is 0.216. The van der Waals surface area contributed by atoms with E-state index in [0.29, 0.717) is 6.54 Å². The summed E-state index contributed by atoms with van der Waals surface area (Å²) in [4.78, 5) is 12.1. The van der Waals surface area contributed by atoms with Crippen LogP contribution in [0.3, 0.4) is 0 Å². The zero-order chi connectivity index (χ0) is 10.5. The maximum Gasteiger partial charge on any atom is 0.289 e. The SMILES string of the molecule is O=c1cc[nH]n1/N=N/Cc1ccccc1. The molecule has 1 aromatic heterocycles. The van der Waals surface area contributed by atoms with E-state index >= 15 is 0 Å². The Labute approximate surface area is 86.0 Å². The van der Waals surface area contributed by atoms with Gasteiger partial charge in [-0.3, -0.25) is 9.89 Å². The van der Waals surface area contributed by atoms with Crippen molar-refractivity contribution in [2.75, 3.05) is 0 Å². The molecule has 0 spiro atoms. The van der Waals surface area contributed by atoms with E-state index in [1.54, 1.807) is 0 Å². The van der Waals surface area contributed by atoms with E-state index < -0.39 is 0 Å². The van der Waals surface area contributed by atoms with Gasteiger partial charge in [-0.25, -0.2) is 0 Å². The van der Waals surface area contributed by atoms with Crippen molar-refractivity contribution in [2.24, 2.45) is 10.3 Å². The Morgan fingerprint density at radius 1 is 1.20 bits per heavy atom. The molecule has 5 nitrogen and oxygen atoms in total. The third kappa shape index (κ3) is 2.40. The predicted octanol–water partition coefficient (Wildman–Crippen LogP) is 1.59. The monoisotopic (exact) mass is 202 g/mol. The maximum absolute atomic E-state index is 11.0. The maximum atomic E-state index is 11.0. The summed E-state index contributed by atoms with van der Waals surface area (Å²) < 4.78 is 0. The summed E-state index contributed by atoms with van der Waals surface area (Å²) in [6.07, 6.45) is 1.52. The highest BCUT2D eigenvalue weighted by atomic mass is 16.1. The lowest BCUT2D eigenvalue weighted by atomic mass is 10.2. The molecule has 0 aliphatic heterocycles. The van der Waals surface area contributed by atoms with Crippen LogP contribution in [0.1, 0.15) is 5.56 Å². The molecule has 0 unspecified atom stereocenters. The first-order chi connectivity index (χ1) is 7.36. The van der Waals surface area contributed by atoms with Gasteiger partial charge < -0.3 is 0 Å².